The van der Waals surface area contributed by atoms with Crippen LogP contribution in [0.5, 0.6) is 5.88 Å². The van der Waals surface area contributed by atoms with Gasteiger partial charge in [0.1, 0.15) is 5.41 Å². The molecule has 5 rings (SSSR count). The summed E-state index contributed by atoms with van der Waals surface area (Å²) >= 11 is 0. The molecule has 1 saturated heterocycles. The van der Waals surface area contributed by atoms with Crippen LogP contribution < -0.4 is 9.64 Å². The van der Waals surface area contributed by atoms with E-state index in [1.165, 1.54) is 6.20 Å². The van der Waals surface area contributed by atoms with Gasteiger partial charge in [0.2, 0.25) is 11.8 Å². The van der Waals surface area contributed by atoms with E-state index in [1.807, 2.05) is 0 Å². The average molecular weight is 409 g/mol. The van der Waals surface area contributed by atoms with Crippen LogP contribution in [0, 0.1) is 22.7 Å². The molecular weight excluding hydrogens is 392 g/mol. The molecule has 4 heterocycles. The molecule has 3 aromatic heterocycles. The van der Waals surface area contributed by atoms with Gasteiger partial charge in [-0.25, -0.2) is 9.50 Å². The zero-order chi connectivity index (χ0) is 20.9. The molecule has 7 nitrogen and oxygen atoms in total. The number of nitriles is 1. The lowest BCUT2D eigenvalue weighted by Gasteiger charge is -2.21. The number of anilines is 1. The van der Waals surface area contributed by atoms with Crippen LogP contribution in [0.3, 0.4) is 0 Å². The Morgan fingerprint density at radius 2 is 2.13 bits per heavy atom. The van der Waals surface area contributed by atoms with Crippen molar-refractivity contribution in [3.8, 4) is 23.1 Å². The minimum Gasteiger partial charge on any atom is -0.416 e. The summed E-state index contributed by atoms with van der Waals surface area (Å²) in [7, 11) is 0. The molecule has 0 aromatic carbocycles. The summed E-state index contributed by atoms with van der Waals surface area (Å²) in [5, 5.41) is 14.0. The van der Waals surface area contributed by atoms with Crippen LogP contribution in [0.15, 0.2) is 42.9 Å². The van der Waals surface area contributed by atoms with E-state index >= 15 is 0 Å². The fourth-order valence-electron chi connectivity index (χ4n) is 4.28. The highest BCUT2D eigenvalue weighted by Gasteiger charge is 2.57. The van der Waals surface area contributed by atoms with Crippen molar-refractivity contribution < 1.29 is 18.3 Å². The molecular formula is C21H17F2N5O2. The molecule has 0 bridgehead atoms. The highest BCUT2D eigenvalue weighted by Crippen LogP contribution is 2.52. The van der Waals surface area contributed by atoms with Gasteiger partial charge in [-0.2, -0.15) is 19.1 Å². The highest BCUT2D eigenvalue weighted by molar-refractivity contribution is 6.05. The van der Waals surface area contributed by atoms with Crippen LogP contribution in [0.4, 0.5) is 14.5 Å². The molecule has 1 amide bonds. The normalized spacial score (nSPS) is 21.4. The summed E-state index contributed by atoms with van der Waals surface area (Å²) in [6.45, 7) is -2.54. The second-order valence-electron chi connectivity index (χ2n) is 7.57. The van der Waals surface area contributed by atoms with Crippen LogP contribution in [0.2, 0.25) is 0 Å². The Morgan fingerprint density at radius 3 is 2.87 bits per heavy atom. The molecule has 2 aliphatic rings. The number of hydrogen-bond donors (Lipinski definition) is 0. The van der Waals surface area contributed by atoms with Crippen molar-refractivity contribution in [3.63, 3.8) is 0 Å². The van der Waals surface area contributed by atoms with Crippen molar-refractivity contribution >= 4 is 17.1 Å². The summed E-state index contributed by atoms with van der Waals surface area (Å²) in [5.74, 6) is -0.226. The van der Waals surface area contributed by atoms with Crippen molar-refractivity contribution in [1.29, 1.82) is 5.26 Å². The van der Waals surface area contributed by atoms with E-state index in [1.54, 1.807) is 46.1 Å². The van der Waals surface area contributed by atoms with E-state index < -0.39 is 12.0 Å². The van der Waals surface area contributed by atoms with Gasteiger partial charge in [0.05, 0.1) is 17.3 Å². The Hall–Kier alpha value is -3.54. The molecule has 1 saturated carbocycles. The Morgan fingerprint density at radius 1 is 1.30 bits per heavy atom. The minimum absolute atomic E-state index is 0.129. The highest BCUT2D eigenvalue weighted by atomic mass is 19.3. The number of rotatable bonds is 5. The first-order chi connectivity index (χ1) is 14.5. The van der Waals surface area contributed by atoms with Gasteiger partial charge in [0.25, 0.3) is 0 Å². The Labute approximate surface area is 170 Å². The fraction of sp³-hybridized carbons (Fsp3) is 0.333. The van der Waals surface area contributed by atoms with Gasteiger partial charge in [-0.3, -0.25) is 4.79 Å². The molecule has 30 heavy (non-hydrogen) atoms. The number of nitrogens with zero attached hydrogens (tertiary/aromatic N) is 5. The molecule has 1 atom stereocenters. The molecule has 0 N–H and O–H groups in total. The Kier molecular flexibility index (Phi) is 4.17. The van der Waals surface area contributed by atoms with Crippen LogP contribution in [0.25, 0.3) is 16.6 Å². The second kappa shape index (κ2) is 6.76. The average Bonchev–Trinajstić information content (AvgIpc) is 3.41. The summed E-state index contributed by atoms with van der Waals surface area (Å²) in [6.07, 6.45) is 6.94. The molecule has 1 aliphatic carbocycles. The second-order valence-corrected chi connectivity index (χ2v) is 7.57. The van der Waals surface area contributed by atoms with Crippen molar-refractivity contribution in [2.24, 2.45) is 11.3 Å². The summed E-state index contributed by atoms with van der Waals surface area (Å²) in [4.78, 5) is 18.7. The third kappa shape index (κ3) is 2.79. The van der Waals surface area contributed by atoms with E-state index in [4.69, 9.17) is 0 Å². The van der Waals surface area contributed by atoms with E-state index in [2.05, 4.69) is 20.9 Å². The third-order valence-corrected chi connectivity index (χ3v) is 5.89. The number of carbonyl (C=O) groups excluding carboxylic acids is 1. The van der Waals surface area contributed by atoms with Gasteiger partial charge in [-0.15, -0.1) is 0 Å². The number of amides is 1. The summed E-state index contributed by atoms with van der Waals surface area (Å²) < 4.78 is 31.6. The lowest BCUT2D eigenvalue weighted by Crippen LogP contribution is -2.35. The first kappa shape index (κ1) is 18.5. The maximum Gasteiger partial charge on any atom is 0.388 e. The Bertz CT molecular complexity index is 1180. The molecule has 9 heteroatoms. The van der Waals surface area contributed by atoms with Crippen molar-refractivity contribution in [1.82, 2.24) is 14.6 Å². The Balaban J connectivity index is 1.57. The first-order valence-corrected chi connectivity index (χ1v) is 9.64. The number of pyridine rings is 1. The number of carbonyl (C=O) groups is 1. The van der Waals surface area contributed by atoms with Gasteiger partial charge >= 0.3 is 6.61 Å². The minimum atomic E-state index is -2.99. The van der Waals surface area contributed by atoms with E-state index in [0.717, 1.165) is 12.8 Å². The molecule has 0 unspecified atom stereocenters. The van der Waals surface area contributed by atoms with Gasteiger partial charge < -0.3 is 9.64 Å². The number of fused-ring (bicyclic) bond motifs is 1. The maximum absolute atomic E-state index is 13.2. The number of ether oxygens (including phenoxy) is 1. The number of alkyl halides is 2. The van der Waals surface area contributed by atoms with Crippen LogP contribution in [0.1, 0.15) is 19.3 Å². The predicted octanol–water partition coefficient (Wildman–Crippen LogP) is 3.65. The summed E-state index contributed by atoms with van der Waals surface area (Å²) in [6, 6.07) is 9.04. The fourth-order valence-corrected chi connectivity index (χ4v) is 4.28. The first-order valence-electron chi connectivity index (χ1n) is 9.64. The summed E-state index contributed by atoms with van der Waals surface area (Å²) in [5.41, 5.74) is 1.30. The van der Waals surface area contributed by atoms with E-state index in [0.29, 0.717) is 35.3 Å². The van der Waals surface area contributed by atoms with E-state index in [9.17, 15) is 18.8 Å². The van der Waals surface area contributed by atoms with Crippen LogP contribution >= 0.6 is 0 Å². The maximum atomic E-state index is 13.2. The van der Waals surface area contributed by atoms with Gasteiger partial charge in [0, 0.05) is 36.3 Å². The van der Waals surface area contributed by atoms with Crippen molar-refractivity contribution in [3.05, 3.63) is 42.9 Å². The molecule has 0 radical (unpaired) electrons. The number of hydrogen-bond acceptors (Lipinski definition) is 5. The SMILES string of the molecule is N#C[C@@]1(C2CC2)CCN(c2ccnn3cc(-c4cccnc4OC(F)F)cc23)C1=O. The van der Waals surface area contributed by atoms with E-state index in [-0.39, 0.29) is 17.7 Å². The smallest absolute Gasteiger partial charge is 0.388 e. The quantitative estimate of drug-likeness (QED) is 0.642. The molecule has 0 spiro atoms. The number of aromatic nitrogens is 3. The zero-order valence-electron chi connectivity index (χ0n) is 15.8. The zero-order valence-corrected chi connectivity index (χ0v) is 15.8. The van der Waals surface area contributed by atoms with Gasteiger partial charge in [-0.1, -0.05) is 0 Å². The number of halogens is 2. The lowest BCUT2D eigenvalue weighted by atomic mass is 9.83. The van der Waals surface area contributed by atoms with Crippen molar-refractivity contribution in [2.45, 2.75) is 25.9 Å². The van der Waals surface area contributed by atoms with Crippen molar-refractivity contribution in [2.75, 3.05) is 11.4 Å². The standard InChI is InChI=1S/C21H17F2N5O2/c22-20(23)30-18-15(2-1-7-25-18)13-10-17-16(5-8-26-28(17)11-13)27-9-6-21(12-24,19(27)29)14-3-4-14/h1-2,5,7-8,10-11,14,20H,3-4,6,9H2/t21-/m1/s1. The van der Waals surface area contributed by atoms with Crippen LogP contribution in [-0.4, -0.2) is 33.7 Å². The molecule has 3 aromatic rings. The molecule has 152 valence electrons. The molecule has 2 fully saturated rings. The largest absolute Gasteiger partial charge is 0.416 e. The monoisotopic (exact) mass is 409 g/mol. The molecule has 1 aliphatic heterocycles. The lowest BCUT2D eigenvalue weighted by molar-refractivity contribution is -0.123. The van der Waals surface area contributed by atoms with Crippen LogP contribution in [-0.2, 0) is 4.79 Å². The third-order valence-electron chi connectivity index (χ3n) is 5.89. The van der Waals surface area contributed by atoms with Gasteiger partial charge in [0.15, 0.2) is 0 Å². The predicted molar refractivity (Wildman–Crippen MR) is 103 cm³/mol. The topological polar surface area (TPSA) is 83.5 Å². The van der Waals surface area contributed by atoms with Gasteiger partial charge in [-0.05, 0) is 49.4 Å².